The number of aliphatic carboxylic acids is 1. The molecule has 0 bridgehead atoms. The highest BCUT2D eigenvalue weighted by atomic mass is 19.4. The Kier molecular flexibility index (Phi) is 6.29. The summed E-state index contributed by atoms with van der Waals surface area (Å²) in [6, 6.07) is -1.38. The number of unbranched alkanes of at least 4 members (excludes halogenated alkanes) is 1. The highest BCUT2D eigenvalue weighted by Gasteiger charge is 2.36. The van der Waals surface area contributed by atoms with E-state index < -0.39 is 30.6 Å². The molecule has 5 nitrogen and oxygen atoms in total. The molecule has 0 aliphatic carbocycles. The minimum Gasteiger partial charge on any atom is -0.480 e. The fraction of sp³-hybridized carbons (Fsp3) is 0.846. The van der Waals surface area contributed by atoms with E-state index in [-0.39, 0.29) is 25.3 Å². The summed E-state index contributed by atoms with van der Waals surface area (Å²) in [4.78, 5) is 24.4. The lowest BCUT2D eigenvalue weighted by Crippen LogP contribution is -2.55. The van der Waals surface area contributed by atoms with Crippen molar-refractivity contribution in [2.75, 3.05) is 13.1 Å². The van der Waals surface area contributed by atoms with Crippen LogP contribution < -0.4 is 5.32 Å². The van der Waals surface area contributed by atoms with E-state index in [1.807, 2.05) is 0 Å². The number of carboxylic acid groups (broad SMARTS) is 1. The van der Waals surface area contributed by atoms with Crippen LogP contribution in [0.1, 0.15) is 39.0 Å². The number of carboxylic acids is 1. The van der Waals surface area contributed by atoms with Gasteiger partial charge in [-0.1, -0.05) is 6.92 Å². The molecule has 21 heavy (non-hydrogen) atoms. The summed E-state index contributed by atoms with van der Waals surface area (Å²) in [5, 5.41) is 11.7. The summed E-state index contributed by atoms with van der Waals surface area (Å²) in [7, 11) is 0. The zero-order chi connectivity index (χ0) is 16.0. The van der Waals surface area contributed by atoms with E-state index in [0.717, 1.165) is 12.8 Å². The molecule has 1 fully saturated rings. The zero-order valence-corrected chi connectivity index (χ0v) is 11.9. The number of rotatable bonds is 5. The van der Waals surface area contributed by atoms with Gasteiger partial charge in [-0.05, 0) is 31.6 Å². The number of nitrogens with zero attached hydrogens (tertiary/aromatic N) is 1. The molecule has 2 N–H and O–H groups in total. The molecule has 0 aromatic heterocycles. The Bertz CT molecular complexity index is 374. The summed E-state index contributed by atoms with van der Waals surface area (Å²) in [6.07, 6.45) is -3.42. The van der Waals surface area contributed by atoms with Crippen molar-refractivity contribution in [3.63, 3.8) is 0 Å². The average Bonchev–Trinajstić information content (AvgIpc) is 2.35. The number of nitrogens with one attached hydrogen (secondary N) is 1. The first-order valence-electron chi connectivity index (χ1n) is 7.06. The summed E-state index contributed by atoms with van der Waals surface area (Å²) in [5.74, 6) is -1.18. The summed E-state index contributed by atoms with van der Waals surface area (Å²) in [5.41, 5.74) is 0. The third kappa shape index (κ3) is 5.81. The fourth-order valence-electron chi connectivity index (χ4n) is 2.54. The van der Waals surface area contributed by atoms with Crippen LogP contribution in [-0.4, -0.2) is 47.3 Å². The van der Waals surface area contributed by atoms with Crippen LogP contribution in [-0.2, 0) is 4.79 Å². The van der Waals surface area contributed by atoms with E-state index in [1.54, 1.807) is 6.92 Å². The number of hydrogen-bond acceptors (Lipinski definition) is 2. The molecule has 122 valence electrons. The Labute approximate surface area is 121 Å². The number of urea groups is 1. The van der Waals surface area contributed by atoms with E-state index in [9.17, 15) is 27.9 Å². The Morgan fingerprint density at radius 3 is 2.57 bits per heavy atom. The van der Waals surface area contributed by atoms with Gasteiger partial charge in [0.25, 0.3) is 0 Å². The predicted molar refractivity (Wildman–Crippen MR) is 69.8 cm³/mol. The van der Waals surface area contributed by atoms with Gasteiger partial charge in [-0.2, -0.15) is 13.2 Å². The topological polar surface area (TPSA) is 69.6 Å². The molecule has 1 saturated heterocycles. The highest BCUT2D eigenvalue weighted by Crippen LogP contribution is 2.24. The number of piperidine rings is 1. The predicted octanol–water partition coefficient (Wildman–Crippen LogP) is 2.61. The van der Waals surface area contributed by atoms with Crippen molar-refractivity contribution in [2.24, 2.45) is 5.92 Å². The third-order valence-electron chi connectivity index (χ3n) is 3.61. The van der Waals surface area contributed by atoms with Gasteiger partial charge in [-0.25, -0.2) is 9.59 Å². The molecule has 0 radical (unpaired) electrons. The van der Waals surface area contributed by atoms with Crippen molar-refractivity contribution in [1.82, 2.24) is 10.2 Å². The molecule has 0 aromatic rings. The molecule has 2 unspecified atom stereocenters. The van der Waals surface area contributed by atoms with Gasteiger partial charge in [0.1, 0.15) is 6.04 Å². The lowest BCUT2D eigenvalue weighted by Gasteiger charge is -2.37. The summed E-state index contributed by atoms with van der Waals surface area (Å²) < 4.78 is 35.9. The van der Waals surface area contributed by atoms with Crippen molar-refractivity contribution in [2.45, 2.75) is 51.2 Å². The smallest absolute Gasteiger partial charge is 0.389 e. The van der Waals surface area contributed by atoms with E-state index >= 15 is 0 Å². The van der Waals surface area contributed by atoms with Crippen LogP contribution in [0.4, 0.5) is 18.0 Å². The van der Waals surface area contributed by atoms with Gasteiger partial charge in [-0.3, -0.25) is 0 Å². The maximum atomic E-state index is 12.0. The van der Waals surface area contributed by atoms with Crippen molar-refractivity contribution in [1.29, 1.82) is 0 Å². The second-order valence-electron chi connectivity index (χ2n) is 5.40. The van der Waals surface area contributed by atoms with Gasteiger partial charge in [0.05, 0.1) is 0 Å². The SMILES string of the molecule is CC1CCCN(C(=O)NCCCCC(F)(F)F)C1C(=O)O. The summed E-state index contributed by atoms with van der Waals surface area (Å²) >= 11 is 0. The molecule has 2 amide bonds. The molecule has 1 aliphatic heterocycles. The normalized spacial score (nSPS) is 23.0. The number of carbonyl (C=O) groups excluding carboxylic acids is 1. The first kappa shape index (κ1) is 17.6. The number of alkyl halides is 3. The van der Waals surface area contributed by atoms with Crippen LogP contribution in [0.25, 0.3) is 0 Å². The first-order valence-corrected chi connectivity index (χ1v) is 7.06. The molecule has 1 rings (SSSR count). The van der Waals surface area contributed by atoms with E-state index in [2.05, 4.69) is 5.32 Å². The van der Waals surface area contributed by atoms with Gasteiger partial charge in [-0.15, -0.1) is 0 Å². The van der Waals surface area contributed by atoms with Gasteiger partial charge in [0.15, 0.2) is 0 Å². The number of likely N-dealkylation sites (tertiary alicyclic amines) is 1. The van der Waals surface area contributed by atoms with E-state index in [4.69, 9.17) is 0 Å². The lowest BCUT2D eigenvalue weighted by molar-refractivity contribution is -0.145. The van der Waals surface area contributed by atoms with Crippen molar-refractivity contribution in [3.8, 4) is 0 Å². The maximum Gasteiger partial charge on any atom is 0.389 e. The molecule has 1 aliphatic rings. The van der Waals surface area contributed by atoms with Crippen molar-refractivity contribution < 1.29 is 27.9 Å². The zero-order valence-electron chi connectivity index (χ0n) is 11.9. The molecular weight excluding hydrogens is 289 g/mol. The minimum absolute atomic E-state index is 0.0530. The summed E-state index contributed by atoms with van der Waals surface area (Å²) in [6.45, 7) is 2.25. The number of halogens is 3. The Hall–Kier alpha value is -1.47. The molecule has 0 aromatic carbocycles. The van der Waals surface area contributed by atoms with Crippen LogP contribution in [0.5, 0.6) is 0 Å². The van der Waals surface area contributed by atoms with Crippen LogP contribution in [0, 0.1) is 5.92 Å². The quantitative estimate of drug-likeness (QED) is 0.767. The second-order valence-corrected chi connectivity index (χ2v) is 5.40. The molecule has 0 spiro atoms. The largest absolute Gasteiger partial charge is 0.480 e. The standard InChI is InChI=1S/C13H21F3N2O3/c1-9-5-4-8-18(10(9)11(19)20)12(21)17-7-3-2-6-13(14,15)16/h9-10H,2-8H2,1H3,(H,17,21)(H,19,20). The van der Waals surface area contributed by atoms with Crippen LogP contribution in [0.3, 0.4) is 0 Å². The molecule has 0 saturated carbocycles. The molecule has 8 heteroatoms. The van der Waals surface area contributed by atoms with Gasteiger partial charge in [0, 0.05) is 19.5 Å². The van der Waals surface area contributed by atoms with Crippen molar-refractivity contribution >= 4 is 12.0 Å². The van der Waals surface area contributed by atoms with Gasteiger partial charge < -0.3 is 15.3 Å². The first-order chi connectivity index (χ1) is 9.72. The number of amides is 2. The van der Waals surface area contributed by atoms with Crippen LogP contribution in [0.15, 0.2) is 0 Å². The highest BCUT2D eigenvalue weighted by molar-refractivity contribution is 5.83. The fourth-order valence-corrected chi connectivity index (χ4v) is 2.54. The average molecular weight is 310 g/mol. The van der Waals surface area contributed by atoms with Crippen LogP contribution in [0.2, 0.25) is 0 Å². The van der Waals surface area contributed by atoms with Crippen molar-refractivity contribution in [3.05, 3.63) is 0 Å². The molecule has 1 heterocycles. The molecular formula is C13H21F3N2O3. The third-order valence-corrected chi connectivity index (χ3v) is 3.61. The maximum absolute atomic E-state index is 12.0. The monoisotopic (exact) mass is 310 g/mol. The van der Waals surface area contributed by atoms with Gasteiger partial charge in [0.2, 0.25) is 0 Å². The number of carbonyl (C=O) groups is 2. The lowest BCUT2D eigenvalue weighted by atomic mass is 9.91. The van der Waals surface area contributed by atoms with Crippen LogP contribution >= 0.6 is 0 Å². The van der Waals surface area contributed by atoms with Gasteiger partial charge >= 0.3 is 18.2 Å². The second kappa shape index (κ2) is 7.51. The van der Waals surface area contributed by atoms with E-state index in [1.165, 1.54) is 4.90 Å². The minimum atomic E-state index is -4.18. The molecule has 2 atom stereocenters. The Morgan fingerprint density at radius 1 is 1.33 bits per heavy atom. The van der Waals surface area contributed by atoms with E-state index in [0.29, 0.717) is 6.54 Å². The Balaban J connectivity index is 2.38. The number of hydrogen-bond donors (Lipinski definition) is 2. The Morgan fingerprint density at radius 2 is 2.00 bits per heavy atom.